The number of rotatable bonds is 8. The van der Waals surface area contributed by atoms with E-state index >= 15 is 0 Å². The van der Waals surface area contributed by atoms with Crippen molar-refractivity contribution in [3.63, 3.8) is 0 Å². The fourth-order valence-electron chi connectivity index (χ4n) is 1.63. The number of carbonyl (C=O) groups excluding carboxylic acids is 2. The maximum Gasteiger partial charge on any atom is 0.252 e. The Balaban J connectivity index is 2.71. The number of benzene rings is 1. The number of hydrogen-bond acceptors (Lipinski definition) is 3. The molecule has 0 aliphatic heterocycles. The van der Waals surface area contributed by atoms with Crippen LogP contribution < -0.4 is 4.74 Å². The van der Waals surface area contributed by atoms with E-state index in [1.165, 1.54) is 18.2 Å². The highest BCUT2D eigenvalue weighted by Gasteiger charge is 2.10. The summed E-state index contributed by atoms with van der Waals surface area (Å²) < 4.78 is 5.51. The Labute approximate surface area is 122 Å². The average molecular weight is 303 g/mol. The molecule has 0 saturated carbocycles. The van der Waals surface area contributed by atoms with Crippen LogP contribution in [0.3, 0.4) is 0 Å². The monoisotopic (exact) mass is 302 g/mol. The van der Waals surface area contributed by atoms with Gasteiger partial charge in [-0.05, 0) is 47.8 Å². The lowest BCUT2D eigenvalue weighted by Gasteiger charge is -2.08. The third-order valence-corrected chi connectivity index (χ3v) is 3.06. The van der Waals surface area contributed by atoms with E-state index in [-0.39, 0.29) is 11.1 Å². The van der Waals surface area contributed by atoms with E-state index in [9.17, 15) is 9.59 Å². The molecule has 19 heavy (non-hydrogen) atoms. The number of ether oxygens (including phenoxy) is 1. The molecule has 5 heteroatoms. The number of unbranched alkanes of at least 4 members (excludes halogenated alkanes) is 3. The van der Waals surface area contributed by atoms with Crippen LogP contribution >= 0.6 is 23.2 Å². The molecule has 0 atom stereocenters. The van der Waals surface area contributed by atoms with E-state index < -0.39 is 10.5 Å². The van der Waals surface area contributed by atoms with Crippen LogP contribution in [0.25, 0.3) is 0 Å². The Bertz CT molecular complexity index is 426. The minimum absolute atomic E-state index is 0.205. The fraction of sp³-hybridized carbons (Fsp3) is 0.429. The Morgan fingerprint density at radius 2 is 1.58 bits per heavy atom. The molecule has 0 spiro atoms. The molecule has 0 fully saturated rings. The molecule has 104 valence electrons. The van der Waals surface area contributed by atoms with Crippen LogP contribution in [0.2, 0.25) is 0 Å². The Morgan fingerprint density at radius 1 is 1.00 bits per heavy atom. The van der Waals surface area contributed by atoms with Gasteiger partial charge in [0.15, 0.2) is 0 Å². The van der Waals surface area contributed by atoms with Crippen molar-refractivity contribution >= 4 is 33.7 Å². The molecule has 0 aromatic heterocycles. The Kier molecular flexibility index (Phi) is 6.89. The third kappa shape index (κ3) is 5.62. The van der Waals surface area contributed by atoms with Crippen molar-refractivity contribution in [3.05, 3.63) is 29.3 Å². The van der Waals surface area contributed by atoms with Gasteiger partial charge >= 0.3 is 0 Å². The van der Waals surface area contributed by atoms with Gasteiger partial charge in [-0.2, -0.15) is 0 Å². The lowest BCUT2D eigenvalue weighted by Crippen LogP contribution is -2.01. The van der Waals surface area contributed by atoms with Gasteiger partial charge in [0.2, 0.25) is 0 Å². The van der Waals surface area contributed by atoms with E-state index in [4.69, 9.17) is 27.9 Å². The third-order valence-electron chi connectivity index (χ3n) is 2.63. The second-order valence-electron chi connectivity index (χ2n) is 4.20. The summed E-state index contributed by atoms with van der Waals surface area (Å²) in [6.45, 7) is 2.67. The topological polar surface area (TPSA) is 43.4 Å². The summed E-state index contributed by atoms with van der Waals surface area (Å²) in [6.07, 6.45) is 4.33. The second kappa shape index (κ2) is 8.18. The van der Waals surface area contributed by atoms with E-state index in [1.807, 2.05) is 0 Å². The number of carbonyl (C=O) groups is 2. The highest BCUT2D eigenvalue weighted by atomic mass is 35.5. The highest BCUT2D eigenvalue weighted by molar-refractivity contribution is 6.69. The van der Waals surface area contributed by atoms with Crippen LogP contribution in [0.4, 0.5) is 0 Å². The number of hydrogen-bond donors (Lipinski definition) is 0. The summed E-state index contributed by atoms with van der Waals surface area (Å²) in [5.74, 6) is 0.437. The molecule has 0 radical (unpaired) electrons. The first-order chi connectivity index (χ1) is 9.04. The summed E-state index contributed by atoms with van der Waals surface area (Å²) in [4.78, 5) is 22.3. The summed E-state index contributed by atoms with van der Waals surface area (Å²) in [5, 5.41) is -1.29. The molecule has 0 bridgehead atoms. The van der Waals surface area contributed by atoms with Crippen LogP contribution in [-0.4, -0.2) is 17.1 Å². The molecule has 0 unspecified atom stereocenters. The normalized spacial score (nSPS) is 10.3. The van der Waals surface area contributed by atoms with Gasteiger partial charge in [0.1, 0.15) is 5.75 Å². The smallest absolute Gasteiger partial charge is 0.252 e. The summed E-state index contributed by atoms with van der Waals surface area (Å²) >= 11 is 10.8. The zero-order chi connectivity index (χ0) is 14.3. The van der Waals surface area contributed by atoms with E-state index in [0.29, 0.717) is 12.4 Å². The van der Waals surface area contributed by atoms with Gasteiger partial charge in [-0.25, -0.2) is 0 Å². The molecule has 0 saturated heterocycles. The van der Waals surface area contributed by atoms with Crippen LogP contribution in [-0.2, 0) is 0 Å². The molecule has 0 heterocycles. The molecule has 0 aliphatic carbocycles. The van der Waals surface area contributed by atoms with Crippen molar-refractivity contribution in [1.29, 1.82) is 0 Å². The van der Waals surface area contributed by atoms with Crippen molar-refractivity contribution in [1.82, 2.24) is 0 Å². The van der Waals surface area contributed by atoms with Crippen molar-refractivity contribution in [2.24, 2.45) is 0 Å². The minimum Gasteiger partial charge on any atom is -0.494 e. The fourth-order valence-corrected chi connectivity index (χ4v) is 1.85. The van der Waals surface area contributed by atoms with E-state index in [1.54, 1.807) is 0 Å². The highest BCUT2D eigenvalue weighted by Crippen LogP contribution is 2.20. The predicted octanol–water partition coefficient (Wildman–Crippen LogP) is 4.40. The maximum absolute atomic E-state index is 11.1. The molecular formula is C14H16Cl2O3. The van der Waals surface area contributed by atoms with Gasteiger partial charge < -0.3 is 4.74 Å². The second-order valence-corrected chi connectivity index (χ2v) is 4.89. The van der Waals surface area contributed by atoms with Crippen molar-refractivity contribution in [3.8, 4) is 5.75 Å². The largest absolute Gasteiger partial charge is 0.494 e. The van der Waals surface area contributed by atoms with Crippen LogP contribution in [0, 0.1) is 0 Å². The van der Waals surface area contributed by atoms with Crippen molar-refractivity contribution in [2.75, 3.05) is 6.61 Å². The summed E-state index contributed by atoms with van der Waals surface area (Å²) in [5.41, 5.74) is 0.411. The molecule has 1 rings (SSSR count). The van der Waals surface area contributed by atoms with Gasteiger partial charge in [-0.1, -0.05) is 26.2 Å². The van der Waals surface area contributed by atoms with Crippen molar-refractivity contribution < 1.29 is 14.3 Å². The summed E-state index contributed by atoms with van der Waals surface area (Å²) in [7, 11) is 0. The van der Waals surface area contributed by atoms with Gasteiger partial charge in [0, 0.05) is 11.1 Å². The van der Waals surface area contributed by atoms with E-state index in [2.05, 4.69) is 6.92 Å². The number of halogens is 2. The first kappa shape index (κ1) is 16.0. The Morgan fingerprint density at radius 3 is 2.05 bits per heavy atom. The standard InChI is InChI=1S/C14H16Cl2O3/c1-2-3-4-5-6-19-12-8-10(13(15)17)7-11(9-12)14(16)18/h7-9H,2-6H2,1H3. The molecule has 3 nitrogen and oxygen atoms in total. The van der Waals surface area contributed by atoms with Crippen LogP contribution in [0.5, 0.6) is 5.75 Å². The van der Waals surface area contributed by atoms with Crippen LogP contribution in [0.15, 0.2) is 18.2 Å². The molecule has 0 amide bonds. The van der Waals surface area contributed by atoms with E-state index in [0.717, 1.165) is 25.7 Å². The molecule has 0 aliphatic rings. The first-order valence-electron chi connectivity index (χ1n) is 6.22. The zero-order valence-corrected chi connectivity index (χ0v) is 12.3. The maximum atomic E-state index is 11.1. The van der Waals surface area contributed by atoms with Gasteiger partial charge in [0.25, 0.3) is 10.5 Å². The lowest BCUT2D eigenvalue weighted by molar-refractivity contribution is 0.108. The molecule has 1 aromatic carbocycles. The SMILES string of the molecule is CCCCCCOc1cc(C(=O)Cl)cc(C(=O)Cl)c1. The minimum atomic E-state index is -0.643. The van der Waals surface area contributed by atoms with Gasteiger partial charge in [-0.15, -0.1) is 0 Å². The zero-order valence-electron chi connectivity index (χ0n) is 10.7. The quantitative estimate of drug-likeness (QED) is 0.528. The molecule has 1 aromatic rings. The molecule has 0 N–H and O–H groups in total. The van der Waals surface area contributed by atoms with Crippen molar-refractivity contribution in [2.45, 2.75) is 32.6 Å². The van der Waals surface area contributed by atoms with Crippen LogP contribution in [0.1, 0.15) is 53.3 Å². The summed E-state index contributed by atoms with van der Waals surface area (Å²) in [6, 6.07) is 4.38. The first-order valence-corrected chi connectivity index (χ1v) is 6.97. The molecular weight excluding hydrogens is 287 g/mol. The lowest BCUT2D eigenvalue weighted by atomic mass is 10.1. The van der Waals surface area contributed by atoms with Gasteiger partial charge in [-0.3, -0.25) is 9.59 Å². The van der Waals surface area contributed by atoms with Gasteiger partial charge in [0.05, 0.1) is 6.61 Å². The predicted molar refractivity (Wildman–Crippen MR) is 76.4 cm³/mol. The Hall–Kier alpha value is -1.06. The average Bonchev–Trinajstić information content (AvgIpc) is 2.38.